The Morgan fingerprint density at radius 2 is 2.15 bits per heavy atom. The summed E-state index contributed by atoms with van der Waals surface area (Å²) in [6.45, 7) is 4.72. The lowest BCUT2D eigenvalue weighted by Gasteiger charge is -2.39. The summed E-state index contributed by atoms with van der Waals surface area (Å²) < 4.78 is 5.76. The minimum Gasteiger partial charge on any atom is -0.368 e. The molecule has 1 aromatic rings. The van der Waals surface area contributed by atoms with Gasteiger partial charge in [-0.25, -0.2) is 0 Å². The zero-order chi connectivity index (χ0) is 9.15. The molecule has 1 aromatic heterocycles. The molecule has 0 aliphatic carbocycles. The van der Waals surface area contributed by atoms with Gasteiger partial charge >= 0.3 is 0 Å². The molecule has 13 heavy (non-hydrogen) atoms. The summed E-state index contributed by atoms with van der Waals surface area (Å²) in [5.74, 6) is 0. The molecule has 3 heteroatoms. The molecule has 0 bridgehead atoms. The van der Waals surface area contributed by atoms with E-state index in [2.05, 4.69) is 17.2 Å². The molecule has 1 N–H and O–H groups in total. The maximum Gasteiger partial charge on any atom is 0.0906 e. The molecule has 0 radical (unpaired) electrons. The number of aromatic nitrogens is 1. The number of hydrogen-bond donors (Lipinski definition) is 1. The zero-order valence-corrected chi connectivity index (χ0v) is 7.79. The van der Waals surface area contributed by atoms with Crippen LogP contribution in [0, 0.1) is 0 Å². The van der Waals surface area contributed by atoms with E-state index in [1.54, 1.807) is 12.4 Å². The SMILES string of the molecule is CC1(OCc2ccncc2)CNC1. The van der Waals surface area contributed by atoms with Crippen molar-refractivity contribution < 1.29 is 4.74 Å². The lowest BCUT2D eigenvalue weighted by molar-refractivity contribution is -0.0767. The van der Waals surface area contributed by atoms with Crippen molar-refractivity contribution in [3.8, 4) is 0 Å². The van der Waals surface area contributed by atoms with Gasteiger partial charge in [0.05, 0.1) is 12.2 Å². The highest BCUT2D eigenvalue weighted by atomic mass is 16.5. The summed E-state index contributed by atoms with van der Waals surface area (Å²) in [5, 5.41) is 3.20. The van der Waals surface area contributed by atoms with Crippen molar-refractivity contribution in [3.63, 3.8) is 0 Å². The number of pyridine rings is 1. The van der Waals surface area contributed by atoms with Gasteiger partial charge in [0.25, 0.3) is 0 Å². The standard InChI is InChI=1S/C10H14N2O/c1-10(7-12-8-10)13-6-9-2-4-11-5-3-9/h2-5,12H,6-8H2,1H3. The van der Waals surface area contributed by atoms with Gasteiger partial charge < -0.3 is 10.1 Å². The maximum atomic E-state index is 5.76. The van der Waals surface area contributed by atoms with Gasteiger partial charge in [0.2, 0.25) is 0 Å². The monoisotopic (exact) mass is 178 g/mol. The van der Waals surface area contributed by atoms with Crippen LogP contribution in [0.3, 0.4) is 0 Å². The Balaban J connectivity index is 1.86. The Morgan fingerprint density at radius 3 is 2.69 bits per heavy atom. The second kappa shape index (κ2) is 3.44. The Labute approximate surface area is 78.1 Å². The van der Waals surface area contributed by atoms with Crippen LogP contribution in [0.25, 0.3) is 0 Å². The van der Waals surface area contributed by atoms with Gasteiger partial charge in [-0.3, -0.25) is 4.98 Å². The van der Waals surface area contributed by atoms with Gasteiger partial charge in [0.15, 0.2) is 0 Å². The van der Waals surface area contributed by atoms with E-state index in [1.807, 2.05) is 12.1 Å². The van der Waals surface area contributed by atoms with Gasteiger partial charge in [0.1, 0.15) is 0 Å². The van der Waals surface area contributed by atoms with Gasteiger partial charge in [-0.15, -0.1) is 0 Å². The molecule has 0 amide bonds. The molecule has 2 heterocycles. The van der Waals surface area contributed by atoms with Crippen LogP contribution >= 0.6 is 0 Å². The van der Waals surface area contributed by atoms with E-state index >= 15 is 0 Å². The van der Waals surface area contributed by atoms with Crippen LogP contribution in [0.4, 0.5) is 0 Å². The average Bonchev–Trinajstić information content (AvgIpc) is 2.13. The summed E-state index contributed by atoms with van der Waals surface area (Å²) in [6, 6.07) is 3.96. The van der Waals surface area contributed by atoms with Gasteiger partial charge in [0, 0.05) is 25.5 Å². The highest BCUT2D eigenvalue weighted by molar-refractivity contribution is 5.08. The van der Waals surface area contributed by atoms with E-state index in [0.717, 1.165) is 13.1 Å². The molecule has 0 saturated carbocycles. The molecule has 3 nitrogen and oxygen atoms in total. The van der Waals surface area contributed by atoms with Crippen LogP contribution in [-0.2, 0) is 11.3 Å². The van der Waals surface area contributed by atoms with Crippen molar-refractivity contribution in [2.75, 3.05) is 13.1 Å². The highest BCUT2D eigenvalue weighted by Crippen LogP contribution is 2.17. The van der Waals surface area contributed by atoms with E-state index in [1.165, 1.54) is 5.56 Å². The van der Waals surface area contributed by atoms with E-state index in [4.69, 9.17) is 4.74 Å². The second-order valence-corrected chi connectivity index (χ2v) is 3.70. The second-order valence-electron chi connectivity index (χ2n) is 3.70. The first-order valence-corrected chi connectivity index (χ1v) is 4.52. The third-order valence-corrected chi connectivity index (χ3v) is 2.33. The van der Waals surface area contributed by atoms with Crippen molar-refractivity contribution in [1.29, 1.82) is 0 Å². The van der Waals surface area contributed by atoms with Gasteiger partial charge in [-0.05, 0) is 24.6 Å². The first kappa shape index (κ1) is 8.66. The van der Waals surface area contributed by atoms with Crippen LogP contribution in [0.2, 0.25) is 0 Å². The molecule has 0 spiro atoms. The fourth-order valence-electron chi connectivity index (χ4n) is 1.32. The predicted molar refractivity (Wildman–Crippen MR) is 50.3 cm³/mol. The number of nitrogens with zero attached hydrogens (tertiary/aromatic N) is 1. The van der Waals surface area contributed by atoms with E-state index < -0.39 is 0 Å². The molecule has 2 rings (SSSR count). The van der Waals surface area contributed by atoms with E-state index in [-0.39, 0.29) is 5.60 Å². The predicted octanol–water partition coefficient (Wildman–Crippen LogP) is 0.960. The highest BCUT2D eigenvalue weighted by Gasteiger charge is 2.32. The molecular formula is C10H14N2O. The summed E-state index contributed by atoms with van der Waals surface area (Å²) >= 11 is 0. The molecule has 0 aromatic carbocycles. The van der Waals surface area contributed by atoms with Crippen LogP contribution in [-0.4, -0.2) is 23.7 Å². The summed E-state index contributed by atoms with van der Waals surface area (Å²) in [4.78, 5) is 3.96. The van der Waals surface area contributed by atoms with Crippen molar-refractivity contribution in [3.05, 3.63) is 30.1 Å². The minimum atomic E-state index is 0.0449. The van der Waals surface area contributed by atoms with Crippen molar-refractivity contribution in [2.24, 2.45) is 0 Å². The number of nitrogens with one attached hydrogen (secondary N) is 1. The molecular weight excluding hydrogens is 164 g/mol. The molecule has 1 aliphatic rings. The number of hydrogen-bond acceptors (Lipinski definition) is 3. The molecule has 1 saturated heterocycles. The molecule has 70 valence electrons. The Kier molecular flexibility index (Phi) is 2.29. The van der Waals surface area contributed by atoms with E-state index in [9.17, 15) is 0 Å². The normalized spacial score (nSPS) is 19.5. The summed E-state index contributed by atoms with van der Waals surface area (Å²) in [5.41, 5.74) is 1.23. The largest absolute Gasteiger partial charge is 0.368 e. The van der Waals surface area contributed by atoms with Crippen molar-refractivity contribution in [1.82, 2.24) is 10.3 Å². The Bertz CT molecular complexity index is 270. The lowest BCUT2D eigenvalue weighted by Crippen LogP contribution is -2.58. The number of ether oxygens (including phenoxy) is 1. The third-order valence-electron chi connectivity index (χ3n) is 2.33. The zero-order valence-electron chi connectivity index (χ0n) is 7.79. The Hall–Kier alpha value is -0.930. The quantitative estimate of drug-likeness (QED) is 0.748. The first-order chi connectivity index (χ1) is 6.29. The average molecular weight is 178 g/mol. The molecule has 0 atom stereocenters. The van der Waals surface area contributed by atoms with E-state index in [0.29, 0.717) is 6.61 Å². The fourth-order valence-corrected chi connectivity index (χ4v) is 1.32. The first-order valence-electron chi connectivity index (χ1n) is 4.52. The van der Waals surface area contributed by atoms with Crippen molar-refractivity contribution in [2.45, 2.75) is 19.1 Å². The fraction of sp³-hybridized carbons (Fsp3) is 0.500. The summed E-state index contributed by atoms with van der Waals surface area (Å²) in [6.07, 6.45) is 3.58. The van der Waals surface area contributed by atoms with Crippen LogP contribution < -0.4 is 5.32 Å². The minimum absolute atomic E-state index is 0.0449. The topological polar surface area (TPSA) is 34.1 Å². The Morgan fingerprint density at radius 1 is 1.46 bits per heavy atom. The summed E-state index contributed by atoms with van der Waals surface area (Å²) in [7, 11) is 0. The van der Waals surface area contributed by atoms with Crippen molar-refractivity contribution >= 4 is 0 Å². The maximum absolute atomic E-state index is 5.76. The molecule has 1 fully saturated rings. The van der Waals surface area contributed by atoms with Gasteiger partial charge in [-0.1, -0.05) is 0 Å². The lowest BCUT2D eigenvalue weighted by atomic mass is 10.00. The van der Waals surface area contributed by atoms with Crippen LogP contribution in [0.5, 0.6) is 0 Å². The van der Waals surface area contributed by atoms with Crippen LogP contribution in [0.1, 0.15) is 12.5 Å². The number of rotatable bonds is 3. The third kappa shape index (κ3) is 2.05. The smallest absolute Gasteiger partial charge is 0.0906 e. The molecule has 1 aliphatic heterocycles. The van der Waals surface area contributed by atoms with Gasteiger partial charge in [-0.2, -0.15) is 0 Å². The molecule has 0 unspecified atom stereocenters. The van der Waals surface area contributed by atoms with Crippen LogP contribution in [0.15, 0.2) is 24.5 Å².